The summed E-state index contributed by atoms with van der Waals surface area (Å²) in [6.07, 6.45) is 3.34. The van der Waals surface area contributed by atoms with E-state index in [2.05, 4.69) is 10.3 Å². The smallest absolute Gasteiger partial charge is 0.407 e. The zero-order valence-corrected chi connectivity index (χ0v) is 13.4. The van der Waals surface area contributed by atoms with Crippen LogP contribution < -0.4 is 5.32 Å². The SMILES string of the molecule is Cc1nc2cc(C=CCNC(=O)OCc3ccccc3)ccc2o1. The van der Waals surface area contributed by atoms with E-state index in [4.69, 9.17) is 9.15 Å². The highest BCUT2D eigenvalue weighted by molar-refractivity contribution is 5.76. The van der Waals surface area contributed by atoms with Gasteiger partial charge in [-0.05, 0) is 23.3 Å². The van der Waals surface area contributed by atoms with Crippen LogP contribution in [0.1, 0.15) is 17.0 Å². The van der Waals surface area contributed by atoms with E-state index in [-0.39, 0.29) is 6.61 Å². The Morgan fingerprint density at radius 3 is 2.92 bits per heavy atom. The number of nitrogens with zero attached hydrogens (tertiary/aromatic N) is 1. The van der Waals surface area contributed by atoms with Gasteiger partial charge in [0.2, 0.25) is 0 Å². The van der Waals surface area contributed by atoms with Crippen LogP contribution in [0.3, 0.4) is 0 Å². The normalized spacial score (nSPS) is 11.0. The molecule has 0 aliphatic heterocycles. The molecule has 122 valence electrons. The second-order valence-electron chi connectivity index (χ2n) is 5.31. The Bertz CT molecular complexity index is 853. The van der Waals surface area contributed by atoms with Crippen molar-refractivity contribution in [3.63, 3.8) is 0 Å². The molecular weight excluding hydrogens is 304 g/mol. The Morgan fingerprint density at radius 1 is 1.25 bits per heavy atom. The van der Waals surface area contributed by atoms with Crippen LogP contribution in [0.4, 0.5) is 4.79 Å². The number of oxazole rings is 1. The van der Waals surface area contributed by atoms with Gasteiger partial charge in [-0.1, -0.05) is 48.6 Å². The highest BCUT2D eigenvalue weighted by atomic mass is 16.5. The number of aromatic nitrogens is 1. The average Bonchev–Trinajstić information content (AvgIpc) is 2.97. The van der Waals surface area contributed by atoms with Crippen LogP contribution in [0.25, 0.3) is 17.2 Å². The largest absolute Gasteiger partial charge is 0.445 e. The number of amides is 1. The van der Waals surface area contributed by atoms with Gasteiger partial charge in [-0.2, -0.15) is 0 Å². The van der Waals surface area contributed by atoms with Gasteiger partial charge in [0.05, 0.1) is 0 Å². The summed E-state index contributed by atoms with van der Waals surface area (Å²) in [6.45, 7) is 2.47. The summed E-state index contributed by atoms with van der Waals surface area (Å²) in [5, 5.41) is 2.68. The first-order valence-corrected chi connectivity index (χ1v) is 7.69. The third-order valence-electron chi connectivity index (χ3n) is 3.41. The summed E-state index contributed by atoms with van der Waals surface area (Å²) in [7, 11) is 0. The molecule has 0 aliphatic carbocycles. The third kappa shape index (κ3) is 4.23. The maximum atomic E-state index is 11.6. The van der Waals surface area contributed by atoms with E-state index in [0.29, 0.717) is 12.4 Å². The van der Waals surface area contributed by atoms with Gasteiger partial charge in [0.25, 0.3) is 0 Å². The zero-order chi connectivity index (χ0) is 16.8. The Morgan fingerprint density at radius 2 is 2.08 bits per heavy atom. The lowest BCUT2D eigenvalue weighted by Crippen LogP contribution is -2.24. The number of carbonyl (C=O) groups is 1. The second-order valence-corrected chi connectivity index (χ2v) is 5.31. The quantitative estimate of drug-likeness (QED) is 0.769. The maximum Gasteiger partial charge on any atom is 0.407 e. The molecule has 3 aromatic rings. The predicted molar refractivity (Wildman–Crippen MR) is 92.4 cm³/mol. The van der Waals surface area contributed by atoms with Crippen LogP contribution in [0.5, 0.6) is 0 Å². The minimum absolute atomic E-state index is 0.262. The minimum atomic E-state index is -0.439. The fourth-order valence-corrected chi connectivity index (χ4v) is 2.27. The Labute approximate surface area is 140 Å². The van der Waals surface area contributed by atoms with Gasteiger partial charge in [0.1, 0.15) is 12.1 Å². The van der Waals surface area contributed by atoms with Crippen molar-refractivity contribution in [2.75, 3.05) is 6.54 Å². The number of benzene rings is 2. The van der Waals surface area contributed by atoms with Gasteiger partial charge in [-0.25, -0.2) is 9.78 Å². The molecule has 0 unspecified atom stereocenters. The van der Waals surface area contributed by atoms with Gasteiger partial charge in [0, 0.05) is 13.5 Å². The molecule has 0 atom stereocenters. The van der Waals surface area contributed by atoms with E-state index in [0.717, 1.165) is 22.2 Å². The molecule has 1 N–H and O–H groups in total. The average molecular weight is 322 g/mol. The number of ether oxygens (including phenoxy) is 1. The van der Waals surface area contributed by atoms with Crippen LogP contribution in [0.2, 0.25) is 0 Å². The van der Waals surface area contributed by atoms with Gasteiger partial charge in [-0.15, -0.1) is 0 Å². The lowest BCUT2D eigenvalue weighted by Gasteiger charge is -2.05. The van der Waals surface area contributed by atoms with Gasteiger partial charge >= 0.3 is 6.09 Å². The van der Waals surface area contributed by atoms with Crippen molar-refractivity contribution in [2.24, 2.45) is 0 Å². The van der Waals surface area contributed by atoms with Crippen LogP contribution in [0.15, 0.2) is 59.0 Å². The number of fused-ring (bicyclic) bond motifs is 1. The van der Waals surface area contributed by atoms with E-state index in [1.54, 1.807) is 0 Å². The molecule has 0 aliphatic rings. The lowest BCUT2D eigenvalue weighted by molar-refractivity contribution is 0.141. The van der Waals surface area contributed by atoms with Gasteiger partial charge in [-0.3, -0.25) is 0 Å². The molecule has 0 bridgehead atoms. The minimum Gasteiger partial charge on any atom is -0.445 e. The molecule has 0 saturated heterocycles. The molecule has 3 rings (SSSR count). The molecule has 0 radical (unpaired) electrons. The van der Waals surface area contributed by atoms with E-state index in [9.17, 15) is 4.79 Å². The monoisotopic (exact) mass is 322 g/mol. The van der Waals surface area contributed by atoms with Crippen molar-refractivity contribution in [3.05, 3.63) is 71.6 Å². The van der Waals surface area contributed by atoms with Crippen LogP contribution >= 0.6 is 0 Å². The fourth-order valence-electron chi connectivity index (χ4n) is 2.27. The lowest BCUT2D eigenvalue weighted by atomic mass is 10.2. The van der Waals surface area contributed by atoms with Crippen LogP contribution in [-0.2, 0) is 11.3 Å². The summed E-state index contributed by atoms with van der Waals surface area (Å²) in [6, 6.07) is 15.3. The Kier molecular flexibility index (Phi) is 4.91. The number of alkyl carbamates (subject to hydrolysis) is 1. The first-order chi connectivity index (χ1) is 11.7. The number of hydrogen-bond acceptors (Lipinski definition) is 4. The van der Waals surface area contributed by atoms with E-state index in [1.165, 1.54) is 0 Å². The van der Waals surface area contributed by atoms with Crippen molar-refractivity contribution < 1.29 is 13.9 Å². The molecular formula is C19H18N2O3. The molecule has 1 aromatic heterocycles. The topological polar surface area (TPSA) is 64.4 Å². The number of hydrogen-bond donors (Lipinski definition) is 1. The molecule has 24 heavy (non-hydrogen) atoms. The number of rotatable bonds is 5. The summed E-state index contributed by atoms with van der Waals surface area (Å²) >= 11 is 0. The maximum absolute atomic E-state index is 11.6. The van der Waals surface area contributed by atoms with Crippen molar-refractivity contribution in [2.45, 2.75) is 13.5 Å². The van der Waals surface area contributed by atoms with Crippen molar-refractivity contribution in [1.82, 2.24) is 10.3 Å². The summed E-state index contributed by atoms with van der Waals surface area (Å²) in [5.41, 5.74) is 3.55. The van der Waals surface area contributed by atoms with Crippen LogP contribution in [0, 0.1) is 6.92 Å². The molecule has 2 aromatic carbocycles. The fraction of sp³-hybridized carbons (Fsp3) is 0.158. The first-order valence-electron chi connectivity index (χ1n) is 7.69. The number of nitrogens with one attached hydrogen (secondary N) is 1. The second kappa shape index (κ2) is 7.46. The van der Waals surface area contributed by atoms with E-state index >= 15 is 0 Å². The van der Waals surface area contributed by atoms with Crippen LogP contribution in [-0.4, -0.2) is 17.6 Å². The summed E-state index contributed by atoms with van der Waals surface area (Å²) in [4.78, 5) is 15.9. The first kappa shape index (κ1) is 15.8. The van der Waals surface area contributed by atoms with Crippen molar-refractivity contribution >= 4 is 23.3 Å². The number of aryl methyl sites for hydroxylation is 1. The molecule has 0 spiro atoms. The molecule has 0 saturated carbocycles. The molecule has 5 heteroatoms. The van der Waals surface area contributed by atoms with Gasteiger partial charge in [0.15, 0.2) is 11.5 Å². The Balaban J connectivity index is 1.46. The van der Waals surface area contributed by atoms with Gasteiger partial charge < -0.3 is 14.5 Å². The molecule has 5 nitrogen and oxygen atoms in total. The van der Waals surface area contributed by atoms with E-state index in [1.807, 2.05) is 67.6 Å². The standard InChI is InChI=1S/C19H18N2O3/c1-14-21-17-12-15(9-10-18(17)24-14)8-5-11-20-19(22)23-13-16-6-3-2-4-7-16/h2-10,12H,11,13H2,1H3,(H,20,22). The number of carbonyl (C=O) groups excluding carboxylic acids is 1. The van der Waals surface area contributed by atoms with Crippen molar-refractivity contribution in [3.8, 4) is 0 Å². The summed E-state index contributed by atoms with van der Waals surface area (Å²) < 4.78 is 10.6. The molecule has 1 amide bonds. The zero-order valence-electron chi connectivity index (χ0n) is 13.4. The summed E-state index contributed by atoms with van der Waals surface area (Å²) in [5.74, 6) is 0.647. The molecule has 1 heterocycles. The third-order valence-corrected chi connectivity index (χ3v) is 3.41. The highest BCUT2D eigenvalue weighted by Crippen LogP contribution is 2.17. The Hall–Kier alpha value is -3.08. The highest BCUT2D eigenvalue weighted by Gasteiger charge is 2.02. The molecule has 0 fully saturated rings. The van der Waals surface area contributed by atoms with Crippen molar-refractivity contribution in [1.29, 1.82) is 0 Å². The predicted octanol–water partition coefficient (Wildman–Crippen LogP) is 4.08. The van der Waals surface area contributed by atoms with E-state index < -0.39 is 6.09 Å².